The minimum Gasteiger partial charge on any atom is -0.394 e. The third-order valence-corrected chi connectivity index (χ3v) is 1.57. The normalized spacial score (nSPS) is 10.6. The van der Waals surface area contributed by atoms with Crippen LogP contribution in [0.1, 0.15) is 25.5 Å². The molecule has 1 aromatic heterocycles. The minimum atomic E-state index is 0.172. The number of hydrogen-bond acceptors (Lipinski definition) is 5. The fourth-order valence-corrected chi connectivity index (χ4v) is 0.964. The molecule has 66 valence electrons. The van der Waals surface area contributed by atoms with E-state index in [-0.39, 0.29) is 17.7 Å². The van der Waals surface area contributed by atoms with E-state index >= 15 is 0 Å². The van der Waals surface area contributed by atoms with Gasteiger partial charge < -0.3 is 17.2 Å². The Bertz CT molecular complexity index is 294. The van der Waals surface area contributed by atoms with Crippen molar-refractivity contribution in [2.75, 3.05) is 17.2 Å². The number of aromatic nitrogens is 2. The third-order valence-electron chi connectivity index (χ3n) is 1.57. The predicted octanol–water partition coefficient (Wildman–Crippen LogP) is 0.347. The van der Waals surface area contributed by atoms with Crippen molar-refractivity contribution in [2.45, 2.75) is 19.8 Å². The second-order valence-electron chi connectivity index (χ2n) is 2.92. The van der Waals surface area contributed by atoms with Gasteiger partial charge in [0.25, 0.3) is 0 Å². The first-order valence-electron chi connectivity index (χ1n) is 3.70. The van der Waals surface area contributed by atoms with E-state index in [1.165, 1.54) is 0 Å². The average molecular weight is 167 g/mol. The van der Waals surface area contributed by atoms with Gasteiger partial charge in [0, 0.05) is 0 Å². The lowest BCUT2D eigenvalue weighted by Gasteiger charge is -2.09. The Morgan fingerprint density at radius 1 is 1.08 bits per heavy atom. The Morgan fingerprint density at radius 2 is 1.67 bits per heavy atom. The smallest absolute Gasteiger partial charge is 0.222 e. The molecule has 0 aliphatic rings. The van der Waals surface area contributed by atoms with Gasteiger partial charge in [-0.3, -0.25) is 0 Å². The molecule has 0 unspecified atom stereocenters. The molecule has 0 fully saturated rings. The SMILES string of the molecule is CC(C)c1nc(N)nc(N)c1N. The fraction of sp³-hybridized carbons (Fsp3) is 0.429. The van der Waals surface area contributed by atoms with E-state index in [0.29, 0.717) is 11.4 Å². The van der Waals surface area contributed by atoms with Gasteiger partial charge in [0.05, 0.1) is 11.4 Å². The fourth-order valence-electron chi connectivity index (χ4n) is 0.964. The van der Waals surface area contributed by atoms with Crippen LogP contribution in [0.15, 0.2) is 0 Å². The molecule has 0 saturated heterocycles. The number of nitrogens with two attached hydrogens (primary N) is 3. The number of hydrogen-bond donors (Lipinski definition) is 3. The van der Waals surface area contributed by atoms with Gasteiger partial charge in [0.1, 0.15) is 0 Å². The summed E-state index contributed by atoms with van der Waals surface area (Å²) in [5.41, 5.74) is 17.7. The summed E-state index contributed by atoms with van der Waals surface area (Å²) < 4.78 is 0. The highest BCUT2D eigenvalue weighted by Gasteiger charge is 2.10. The van der Waals surface area contributed by atoms with Gasteiger partial charge in [0.2, 0.25) is 5.95 Å². The molecule has 0 amide bonds. The average Bonchev–Trinajstić information content (AvgIpc) is 1.96. The Hall–Kier alpha value is -1.52. The summed E-state index contributed by atoms with van der Waals surface area (Å²) >= 11 is 0. The molecule has 0 bridgehead atoms. The highest BCUT2D eigenvalue weighted by atomic mass is 15.1. The van der Waals surface area contributed by atoms with Crippen LogP contribution in [-0.4, -0.2) is 9.97 Å². The van der Waals surface area contributed by atoms with E-state index in [2.05, 4.69) is 9.97 Å². The van der Waals surface area contributed by atoms with E-state index in [1.54, 1.807) is 0 Å². The van der Waals surface area contributed by atoms with Crippen molar-refractivity contribution in [1.82, 2.24) is 9.97 Å². The van der Waals surface area contributed by atoms with Gasteiger partial charge in [-0.15, -0.1) is 0 Å². The third kappa shape index (κ3) is 1.39. The van der Waals surface area contributed by atoms with Crippen LogP contribution >= 0.6 is 0 Å². The molecule has 1 rings (SSSR count). The van der Waals surface area contributed by atoms with Crippen LogP contribution in [0, 0.1) is 0 Å². The van der Waals surface area contributed by atoms with Crippen molar-refractivity contribution in [2.24, 2.45) is 0 Å². The number of nitrogens with zero attached hydrogens (tertiary/aromatic N) is 2. The molecule has 0 atom stereocenters. The molecule has 0 aliphatic carbocycles. The highest BCUT2D eigenvalue weighted by molar-refractivity contribution is 5.63. The van der Waals surface area contributed by atoms with Gasteiger partial charge in [-0.25, -0.2) is 4.98 Å². The van der Waals surface area contributed by atoms with Crippen LogP contribution in [0.25, 0.3) is 0 Å². The molecule has 0 aromatic carbocycles. The molecule has 0 spiro atoms. The molecule has 5 nitrogen and oxygen atoms in total. The van der Waals surface area contributed by atoms with E-state index in [4.69, 9.17) is 17.2 Å². The summed E-state index contributed by atoms with van der Waals surface area (Å²) in [5, 5.41) is 0. The first-order chi connectivity index (χ1) is 5.52. The van der Waals surface area contributed by atoms with Crippen molar-refractivity contribution in [1.29, 1.82) is 0 Å². The van der Waals surface area contributed by atoms with Crippen molar-refractivity contribution >= 4 is 17.5 Å². The largest absolute Gasteiger partial charge is 0.394 e. The van der Waals surface area contributed by atoms with E-state index < -0.39 is 0 Å². The van der Waals surface area contributed by atoms with E-state index in [1.807, 2.05) is 13.8 Å². The minimum absolute atomic E-state index is 0.172. The molecule has 6 N–H and O–H groups in total. The first-order valence-corrected chi connectivity index (χ1v) is 3.70. The Morgan fingerprint density at radius 3 is 2.17 bits per heavy atom. The number of anilines is 3. The second-order valence-corrected chi connectivity index (χ2v) is 2.92. The summed E-state index contributed by atoms with van der Waals surface area (Å²) in [6.45, 7) is 3.94. The summed E-state index contributed by atoms with van der Waals surface area (Å²) in [5.74, 6) is 0.634. The Labute approximate surface area is 71.0 Å². The molecular weight excluding hydrogens is 154 g/mol. The van der Waals surface area contributed by atoms with Gasteiger partial charge in [0.15, 0.2) is 5.82 Å². The topological polar surface area (TPSA) is 104 Å². The summed E-state index contributed by atoms with van der Waals surface area (Å²) in [6, 6.07) is 0. The zero-order valence-corrected chi connectivity index (χ0v) is 7.20. The van der Waals surface area contributed by atoms with Gasteiger partial charge >= 0.3 is 0 Å². The van der Waals surface area contributed by atoms with Crippen molar-refractivity contribution < 1.29 is 0 Å². The molecule has 0 radical (unpaired) electrons. The van der Waals surface area contributed by atoms with Crippen LogP contribution in [0.3, 0.4) is 0 Å². The Balaban J connectivity index is 3.28. The molecular formula is C7H13N5. The zero-order valence-electron chi connectivity index (χ0n) is 7.20. The van der Waals surface area contributed by atoms with Crippen LogP contribution in [0.2, 0.25) is 0 Å². The number of rotatable bonds is 1. The molecule has 0 saturated carbocycles. The van der Waals surface area contributed by atoms with Crippen LogP contribution in [-0.2, 0) is 0 Å². The van der Waals surface area contributed by atoms with Gasteiger partial charge in [-0.1, -0.05) is 13.8 Å². The first kappa shape index (κ1) is 8.58. The predicted molar refractivity (Wildman–Crippen MR) is 49.4 cm³/mol. The lowest BCUT2D eigenvalue weighted by molar-refractivity contribution is 0.823. The second kappa shape index (κ2) is 2.84. The molecule has 5 heteroatoms. The molecule has 1 heterocycles. The summed E-state index contributed by atoms with van der Waals surface area (Å²) in [7, 11) is 0. The van der Waals surface area contributed by atoms with Crippen molar-refractivity contribution in [3.63, 3.8) is 0 Å². The van der Waals surface area contributed by atoms with Crippen LogP contribution in [0.5, 0.6) is 0 Å². The maximum atomic E-state index is 5.65. The van der Waals surface area contributed by atoms with Crippen LogP contribution < -0.4 is 17.2 Å². The zero-order chi connectivity index (χ0) is 9.30. The van der Waals surface area contributed by atoms with Gasteiger partial charge in [-0.2, -0.15) is 4.98 Å². The monoisotopic (exact) mass is 167 g/mol. The van der Waals surface area contributed by atoms with Crippen molar-refractivity contribution in [3.8, 4) is 0 Å². The lowest BCUT2D eigenvalue weighted by atomic mass is 10.1. The Kier molecular flexibility index (Phi) is 2.03. The molecule has 1 aromatic rings. The number of nitrogen functional groups attached to an aromatic ring is 3. The maximum Gasteiger partial charge on any atom is 0.222 e. The van der Waals surface area contributed by atoms with E-state index in [0.717, 1.165) is 0 Å². The highest BCUT2D eigenvalue weighted by Crippen LogP contribution is 2.23. The lowest BCUT2D eigenvalue weighted by Crippen LogP contribution is -2.09. The molecule has 0 aliphatic heterocycles. The summed E-state index contributed by atoms with van der Waals surface area (Å²) in [4.78, 5) is 7.73. The van der Waals surface area contributed by atoms with Crippen molar-refractivity contribution in [3.05, 3.63) is 5.69 Å². The standard InChI is InChI=1S/C7H13N5/c1-3(2)5-4(8)6(9)12-7(10)11-5/h3H,8H2,1-2H3,(H4,9,10,11,12). The van der Waals surface area contributed by atoms with Gasteiger partial charge in [-0.05, 0) is 5.92 Å². The van der Waals surface area contributed by atoms with E-state index in [9.17, 15) is 0 Å². The maximum absolute atomic E-state index is 5.65. The van der Waals surface area contributed by atoms with Crippen LogP contribution in [0.4, 0.5) is 17.5 Å². The summed E-state index contributed by atoms with van der Waals surface area (Å²) in [6.07, 6.45) is 0. The quantitative estimate of drug-likeness (QED) is 0.559. The molecule has 12 heavy (non-hydrogen) atoms.